The first-order chi connectivity index (χ1) is 9.91. The highest BCUT2D eigenvalue weighted by Crippen LogP contribution is 2.24. The molecule has 0 aromatic heterocycles. The molecule has 21 heavy (non-hydrogen) atoms. The Morgan fingerprint density at radius 2 is 1.95 bits per heavy atom. The zero-order valence-corrected chi connectivity index (χ0v) is 12.0. The van der Waals surface area contributed by atoms with Crippen LogP contribution in [0.3, 0.4) is 0 Å². The molecule has 0 bridgehead atoms. The minimum Gasteiger partial charge on any atom is -0.507 e. The summed E-state index contributed by atoms with van der Waals surface area (Å²) in [5.74, 6) is -1.85. The average Bonchev–Trinajstić information content (AvgIpc) is 2.46. The van der Waals surface area contributed by atoms with Gasteiger partial charge in [-0.05, 0) is 24.3 Å². The number of phenols is 1. The molecule has 0 aliphatic carbocycles. The van der Waals surface area contributed by atoms with Gasteiger partial charge in [0.15, 0.2) is 0 Å². The summed E-state index contributed by atoms with van der Waals surface area (Å²) in [6.45, 7) is 0. The summed E-state index contributed by atoms with van der Waals surface area (Å²) in [6, 6.07) is 10.4. The summed E-state index contributed by atoms with van der Waals surface area (Å²) in [4.78, 5) is 13.8. The quantitative estimate of drug-likeness (QED) is 0.855. The van der Waals surface area contributed by atoms with Crippen LogP contribution in [-0.4, -0.2) is 23.0 Å². The molecule has 0 heterocycles. The first kappa shape index (κ1) is 14.9. The Morgan fingerprint density at radius 1 is 1.29 bits per heavy atom. The third-order valence-corrected chi connectivity index (χ3v) is 3.26. The molecule has 2 rings (SSSR count). The van der Waals surface area contributed by atoms with E-state index >= 15 is 0 Å². The van der Waals surface area contributed by atoms with Crippen molar-refractivity contribution < 1.29 is 14.3 Å². The summed E-state index contributed by atoms with van der Waals surface area (Å²) in [5, 5.41) is 9.67. The number of carbonyl (C=O) groups is 1. The van der Waals surface area contributed by atoms with Crippen LogP contribution in [0.5, 0.6) is 5.75 Å². The fourth-order valence-electron chi connectivity index (χ4n) is 1.88. The molecule has 1 amide bonds. The summed E-state index contributed by atoms with van der Waals surface area (Å²) >= 11 is 4.88. The van der Waals surface area contributed by atoms with Gasteiger partial charge in [0.2, 0.25) is 0 Å². The van der Waals surface area contributed by atoms with Gasteiger partial charge in [0, 0.05) is 18.3 Å². The molecule has 2 aromatic carbocycles. The summed E-state index contributed by atoms with van der Waals surface area (Å²) in [7, 11) is 1.48. The zero-order valence-electron chi connectivity index (χ0n) is 11.2. The Labute approximate surface area is 126 Å². The number of amides is 1. The number of benzene rings is 2. The van der Waals surface area contributed by atoms with Crippen LogP contribution in [0.2, 0.25) is 0 Å². The van der Waals surface area contributed by atoms with Crippen LogP contribution in [0.25, 0.3) is 0 Å². The number of phenolic OH excluding ortho intramolecular Hbond substituents is 1. The van der Waals surface area contributed by atoms with E-state index in [4.69, 9.17) is 18.0 Å². The molecular weight excluding hydrogens is 291 g/mol. The average molecular weight is 304 g/mol. The molecule has 2 aromatic rings. The lowest BCUT2D eigenvalue weighted by Crippen LogP contribution is -2.27. The summed E-state index contributed by atoms with van der Waals surface area (Å²) < 4.78 is 13.7. The Morgan fingerprint density at radius 3 is 2.57 bits per heavy atom. The molecular formula is C15H13FN2O2S. The smallest absolute Gasteiger partial charge is 0.264 e. The number of nitrogens with zero attached hydrogens (tertiary/aromatic N) is 1. The van der Waals surface area contributed by atoms with Gasteiger partial charge in [0.05, 0.1) is 0 Å². The van der Waals surface area contributed by atoms with Crippen LogP contribution in [-0.2, 0) is 0 Å². The van der Waals surface area contributed by atoms with E-state index in [9.17, 15) is 14.3 Å². The number of nitrogens with two attached hydrogens (primary N) is 1. The third kappa shape index (κ3) is 3.00. The number of halogens is 1. The van der Waals surface area contributed by atoms with E-state index in [0.29, 0.717) is 11.3 Å². The number of hydrogen-bond acceptors (Lipinski definition) is 3. The van der Waals surface area contributed by atoms with Gasteiger partial charge < -0.3 is 15.7 Å². The molecule has 0 fully saturated rings. The molecule has 0 aliphatic heterocycles. The predicted octanol–water partition coefficient (Wildman–Crippen LogP) is 2.44. The molecule has 0 atom stereocenters. The topological polar surface area (TPSA) is 66.6 Å². The number of anilines is 1. The molecule has 0 saturated heterocycles. The minimum atomic E-state index is -0.780. The SMILES string of the molecule is CN(C(=O)c1c(O)cccc1F)c1cccc(C(N)=S)c1. The van der Waals surface area contributed by atoms with Crippen LogP contribution >= 0.6 is 12.2 Å². The van der Waals surface area contributed by atoms with Crippen molar-refractivity contribution in [2.45, 2.75) is 0 Å². The lowest BCUT2D eigenvalue weighted by Gasteiger charge is -2.19. The molecule has 0 spiro atoms. The number of hydrogen-bond donors (Lipinski definition) is 2. The fraction of sp³-hybridized carbons (Fsp3) is 0.0667. The van der Waals surface area contributed by atoms with Crippen molar-refractivity contribution in [2.24, 2.45) is 5.73 Å². The first-order valence-corrected chi connectivity index (χ1v) is 6.48. The standard InChI is InChI=1S/C15H13FN2O2S/c1-18(10-5-2-4-9(8-10)14(17)21)15(20)13-11(16)6-3-7-12(13)19/h2-8,19H,1H3,(H2,17,21). The molecule has 6 heteroatoms. The van der Waals surface area contributed by atoms with Crippen LogP contribution in [0.4, 0.5) is 10.1 Å². The highest BCUT2D eigenvalue weighted by molar-refractivity contribution is 7.80. The first-order valence-electron chi connectivity index (χ1n) is 6.07. The second-order valence-electron chi connectivity index (χ2n) is 4.41. The van der Waals surface area contributed by atoms with E-state index in [0.717, 1.165) is 6.07 Å². The maximum Gasteiger partial charge on any atom is 0.264 e. The Balaban J connectivity index is 2.40. The van der Waals surface area contributed by atoms with Crippen molar-refractivity contribution in [3.05, 3.63) is 59.4 Å². The van der Waals surface area contributed by atoms with E-state index in [1.807, 2.05) is 0 Å². The molecule has 0 radical (unpaired) electrons. The van der Waals surface area contributed by atoms with E-state index < -0.39 is 17.5 Å². The van der Waals surface area contributed by atoms with Crippen LogP contribution in [0.1, 0.15) is 15.9 Å². The second-order valence-corrected chi connectivity index (χ2v) is 4.85. The highest BCUT2D eigenvalue weighted by Gasteiger charge is 2.21. The van der Waals surface area contributed by atoms with Gasteiger partial charge in [0.1, 0.15) is 22.1 Å². The normalized spacial score (nSPS) is 10.2. The molecule has 0 unspecified atom stereocenters. The molecule has 3 N–H and O–H groups in total. The third-order valence-electron chi connectivity index (χ3n) is 3.03. The van der Waals surface area contributed by atoms with Crippen molar-refractivity contribution in [3.8, 4) is 5.75 Å². The maximum absolute atomic E-state index is 13.7. The number of aromatic hydroxyl groups is 1. The zero-order chi connectivity index (χ0) is 15.6. The minimum absolute atomic E-state index is 0.200. The van der Waals surface area contributed by atoms with Gasteiger partial charge >= 0.3 is 0 Å². The van der Waals surface area contributed by atoms with Crippen molar-refractivity contribution in [1.82, 2.24) is 0 Å². The Bertz CT molecular complexity index is 698. The lowest BCUT2D eigenvalue weighted by molar-refractivity contribution is 0.0986. The van der Waals surface area contributed by atoms with Crippen LogP contribution in [0.15, 0.2) is 42.5 Å². The van der Waals surface area contributed by atoms with Gasteiger partial charge in [-0.2, -0.15) is 0 Å². The summed E-state index contributed by atoms with van der Waals surface area (Å²) in [6.07, 6.45) is 0. The Hall–Kier alpha value is -2.47. The maximum atomic E-state index is 13.7. The molecule has 108 valence electrons. The van der Waals surface area contributed by atoms with Gasteiger partial charge in [-0.1, -0.05) is 30.4 Å². The largest absolute Gasteiger partial charge is 0.507 e. The van der Waals surface area contributed by atoms with Crippen LogP contribution < -0.4 is 10.6 Å². The lowest BCUT2D eigenvalue weighted by atomic mass is 10.1. The van der Waals surface area contributed by atoms with Crippen LogP contribution in [0, 0.1) is 5.82 Å². The van der Waals surface area contributed by atoms with Gasteiger partial charge in [-0.25, -0.2) is 4.39 Å². The fourth-order valence-corrected chi connectivity index (χ4v) is 2.00. The Kier molecular flexibility index (Phi) is 4.18. The molecule has 0 aliphatic rings. The van der Waals surface area contributed by atoms with Gasteiger partial charge in [-0.15, -0.1) is 0 Å². The highest BCUT2D eigenvalue weighted by atomic mass is 32.1. The van der Waals surface area contributed by atoms with Gasteiger partial charge in [-0.3, -0.25) is 4.79 Å². The summed E-state index contributed by atoms with van der Waals surface area (Å²) in [5.41, 5.74) is 6.26. The van der Waals surface area contributed by atoms with E-state index in [2.05, 4.69) is 0 Å². The van der Waals surface area contributed by atoms with E-state index in [1.165, 1.54) is 24.1 Å². The molecule has 4 nitrogen and oxygen atoms in total. The monoisotopic (exact) mass is 304 g/mol. The van der Waals surface area contributed by atoms with Crippen molar-refractivity contribution in [2.75, 3.05) is 11.9 Å². The molecule has 0 saturated carbocycles. The predicted molar refractivity (Wildman–Crippen MR) is 83.1 cm³/mol. The van der Waals surface area contributed by atoms with Crippen molar-refractivity contribution in [3.63, 3.8) is 0 Å². The number of carbonyl (C=O) groups excluding carboxylic acids is 1. The van der Waals surface area contributed by atoms with E-state index in [-0.39, 0.29) is 10.6 Å². The number of thiocarbonyl (C=S) groups is 1. The van der Waals surface area contributed by atoms with Gasteiger partial charge in [0.25, 0.3) is 5.91 Å². The van der Waals surface area contributed by atoms with Crippen molar-refractivity contribution in [1.29, 1.82) is 0 Å². The van der Waals surface area contributed by atoms with Crippen molar-refractivity contribution >= 4 is 28.8 Å². The second kappa shape index (κ2) is 5.88. The number of rotatable bonds is 3. The van der Waals surface area contributed by atoms with E-state index in [1.54, 1.807) is 24.3 Å².